The van der Waals surface area contributed by atoms with Crippen molar-refractivity contribution in [1.82, 2.24) is 0 Å². The van der Waals surface area contributed by atoms with Crippen molar-refractivity contribution in [3.8, 4) is 0 Å². The average molecular weight is 271 g/mol. The average Bonchev–Trinajstić information content (AvgIpc) is 2.25. The zero-order valence-electron chi connectivity index (χ0n) is 8.07. The Kier molecular flexibility index (Phi) is 4.30. The van der Waals surface area contributed by atoms with Crippen molar-refractivity contribution in [2.75, 3.05) is 7.11 Å². The molecule has 0 N–H and O–H groups in total. The summed E-state index contributed by atoms with van der Waals surface area (Å²) in [5.74, 6) is -1.36. The number of carboxylic acids is 1. The third kappa shape index (κ3) is 2.79. The fourth-order valence-corrected chi connectivity index (χ4v) is 1.64. The second kappa shape index (κ2) is 5.50. The van der Waals surface area contributed by atoms with Crippen molar-refractivity contribution in [3.05, 3.63) is 35.4 Å². The van der Waals surface area contributed by atoms with E-state index in [1.807, 2.05) is 6.07 Å². The minimum atomic E-state index is -1.36. The summed E-state index contributed by atoms with van der Waals surface area (Å²) in [6, 6.07) is 7.01. The number of rotatable bonds is 4. The van der Waals surface area contributed by atoms with Gasteiger partial charge in [0.2, 0.25) is 0 Å². The van der Waals surface area contributed by atoms with Crippen LogP contribution in [0.1, 0.15) is 11.1 Å². The third-order valence-corrected chi connectivity index (χ3v) is 2.40. The van der Waals surface area contributed by atoms with Crippen molar-refractivity contribution in [1.29, 1.82) is 0 Å². The molecule has 0 saturated carbocycles. The summed E-state index contributed by atoms with van der Waals surface area (Å²) in [5, 5.41) is 14.8. The molecule has 4 nitrogen and oxygen atoms in total. The molecule has 0 saturated heterocycles. The minimum absolute atomic E-state index is 0.201. The number of halogens is 1. The molecule has 0 unspecified atom stereocenters. The number of hydrogen-bond donors (Lipinski definition) is 0. The van der Waals surface area contributed by atoms with Crippen LogP contribution in [0.5, 0.6) is 0 Å². The van der Waals surface area contributed by atoms with E-state index in [2.05, 4.69) is 25.9 Å². The SMILES string of the molecule is CO/N=C(\C(=O)[O-])c1ccccc1CBr. The van der Waals surface area contributed by atoms with Crippen LogP contribution in [0.15, 0.2) is 29.4 Å². The molecule has 0 heterocycles. The zero-order valence-corrected chi connectivity index (χ0v) is 9.65. The van der Waals surface area contributed by atoms with Gasteiger partial charge >= 0.3 is 0 Å². The predicted molar refractivity (Wildman–Crippen MR) is 57.6 cm³/mol. The van der Waals surface area contributed by atoms with Crippen LogP contribution < -0.4 is 5.11 Å². The van der Waals surface area contributed by atoms with Crippen molar-refractivity contribution in [2.45, 2.75) is 5.33 Å². The normalized spacial score (nSPS) is 11.2. The van der Waals surface area contributed by atoms with Crippen LogP contribution in [0.2, 0.25) is 0 Å². The van der Waals surface area contributed by atoms with Crippen molar-refractivity contribution in [3.63, 3.8) is 0 Å². The van der Waals surface area contributed by atoms with Crippen LogP contribution in [0.4, 0.5) is 0 Å². The molecule has 0 bridgehead atoms. The van der Waals surface area contributed by atoms with E-state index in [4.69, 9.17) is 0 Å². The Balaban J connectivity index is 3.22. The maximum absolute atomic E-state index is 10.8. The van der Waals surface area contributed by atoms with Gasteiger partial charge in [-0.25, -0.2) is 0 Å². The molecule has 0 aromatic heterocycles. The number of benzene rings is 1. The van der Waals surface area contributed by atoms with Gasteiger partial charge in [-0.3, -0.25) is 0 Å². The number of hydrogen-bond acceptors (Lipinski definition) is 4. The molecule has 0 fully saturated rings. The topological polar surface area (TPSA) is 61.7 Å². The molecule has 0 aliphatic heterocycles. The molecule has 1 aromatic rings. The molecular weight excluding hydrogens is 262 g/mol. The smallest absolute Gasteiger partial charge is 0.133 e. The summed E-state index contributed by atoms with van der Waals surface area (Å²) in [5.41, 5.74) is 1.11. The highest BCUT2D eigenvalue weighted by atomic mass is 79.9. The molecule has 1 rings (SSSR count). The summed E-state index contributed by atoms with van der Waals surface area (Å²) in [7, 11) is 1.29. The Bertz CT molecular complexity index is 390. The van der Waals surface area contributed by atoms with Gasteiger partial charge in [0.1, 0.15) is 12.8 Å². The molecule has 0 amide bonds. The van der Waals surface area contributed by atoms with Gasteiger partial charge in [-0.1, -0.05) is 45.4 Å². The summed E-state index contributed by atoms with van der Waals surface area (Å²) >= 11 is 3.27. The quantitative estimate of drug-likeness (QED) is 0.459. The van der Waals surface area contributed by atoms with E-state index < -0.39 is 5.97 Å². The Morgan fingerprint density at radius 3 is 2.73 bits per heavy atom. The molecule has 0 aliphatic rings. The van der Waals surface area contributed by atoms with E-state index in [0.29, 0.717) is 10.9 Å². The lowest BCUT2D eigenvalue weighted by Gasteiger charge is -2.10. The van der Waals surface area contributed by atoms with Gasteiger partial charge in [0, 0.05) is 10.9 Å². The number of carbonyl (C=O) groups is 1. The molecule has 0 aliphatic carbocycles. The van der Waals surface area contributed by atoms with Crippen molar-refractivity contribution < 1.29 is 14.7 Å². The second-order valence-corrected chi connectivity index (χ2v) is 3.26. The highest BCUT2D eigenvalue weighted by molar-refractivity contribution is 9.08. The standard InChI is InChI=1S/C10H10BrNO3/c1-15-12-9(10(13)14)8-5-3-2-4-7(8)6-11/h2-5H,6H2,1H3,(H,13,14)/p-1/b12-9-. The first-order valence-corrected chi connectivity index (χ1v) is 5.29. The van der Waals surface area contributed by atoms with Gasteiger partial charge in [-0.2, -0.15) is 0 Å². The van der Waals surface area contributed by atoms with Gasteiger partial charge in [-0.05, 0) is 5.56 Å². The molecule has 80 valence electrons. The number of alkyl halides is 1. The molecular formula is C10H9BrNO3-. The number of aliphatic carboxylic acids is 1. The summed E-state index contributed by atoms with van der Waals surface area (Å²) in [4.78, 5) is 15.3. The minimum Gasteiger partial charge on any atom is -0.543 e. The Morgan fingerprint density at radius 1 is 1.53 bits per heavy atom. The molecule has 15 heavy (non-hydrogen) atoms. The van der Waals surface area contributed by atoms with Gasteiger partial charge in [0.25, 0.3) is 0 Å². The second-order valence-electron chi connectivity index (χ2n) is 2.70. The largest absolute Gasteiger partial charge is 0.543 e. The third-order valence-electron chi connectivity index (χ3n) is 1.79. The van der Waals surface area contributed by atoms with Gasteiger partial charge in [-0.15, -0.1) is 0 Å². The number of oxime groups is 1. The van der Waals surface area contributed by atoms with Gasteiger partial charge in [0.15, 0.2) is 0 Å². The van der Waals surface area contributed by atoms with Crippen LogP contribution in [-0.2, 0) is 15.0 Å². The first kappa shape index (κ1) is 11.7. The summed E-state index contributed by atoms with van der Waals surface area (Å²) < 4.78 is 0. The monoisotopic (exact) mass is 270 g/mol. The zero-order chi connectivity index (χ0) is 11.3. The molecule has 0 spiro atoms. The fourth-order valence-electron chi connectivity index (χ4n) is 1.16. The molecule has 5 heteroatoms. The first-order valence-electron chi connectivity index (χ1n) is 4.17. The lowest BCUT2D eigenvalue weighted by molar-refractivity contribution is -0.294. The van der Waals surface area contributed by atoms with Crippen LogP contribution >= 0.6 is 15.9 Å². The molecule has 0 atom stereocenters. The number of carbonyl (C=O) groups excluding carboxylic acids is 1. The summed E-state index contributed by atoms with van der Waals surface area (Å²) in [6.45, 7) is 0. The summed E-state index contributed by atoms with van der Waals surface area (Å²) in [6.07, 6.45) is 0. The maximum atomic E-state index is 10.8. The van der Waals surface area contributed by atoms with E-state index in [0.717, 1.165) is 5.56 Å². The Morgan fingerprint density at radius 2 is 2.20 bits per heavy atom. The Labute approximate surface area is 95.7 Å². The fraction of sp³-hybridized carbons (Fsp3) is 0.200. The van der Waals surface area contributed by atoms with Crippen LogP contribution in [0.3, 0.4) is 0 Å². The van der Waals surface area contributed by atoms with E-state index in [9.17, 15) is 9.90 Å². The van der Waals surface area contributed by atoms with E-state index in [1.165, 1.54) is 7.11 Å². The predicted octanol–water partition coefficient (Wildman–Crippen LogP) is 0.682. The highest BCUT2D eigenvalue weighted by Crippen LogP contribution is 2.13. The lowest BCUT2D eigenvalue weighted by Crippen LogP contribution is -2.33. The van der Waals surface area contributed by atoms with E-state index >= 15 is 0 Å². The van der Waals surface area contributed by atoms with Crippen LogP contribution in [0.25, 0.3) is 0 Å². The van der Waals surface area contributed by atoms with Gasteiger partial charge in [0.05, 0.1) is 5.97 Å². The van der Waals surface area contributed by atoms with E-state index in [1.54, 1.807) is 18.2 Å². The van der Waals surface area contributed by atoms with Gasteiger partial charge < -0.3 is 14.7 Å². The van der Waals surface area contributed by atoms with Crippen molar-refractivity contribution in [2.24, 2.45) is 5.16 Å². The molecule has 1 aromatic carbocycles. The highest BCUT2D eigenvalue weighted by Gasteiger charge is 2.09. The van der Waals surface area contributed by atoms with Crippen LogP contribution in [0, 0.1) is 0 Å². The van der Waals surface area contributed by atoms with Crippen LogP contribution in [-0.4, -0.2) is 18.8 Å². The molecule has 0 radical (unpaired) electrons. The van der Waals surface area contributed by atoms with E-state index in [-0.39, 0.29) is 5.71 Å². The number of carboxylic acid groups (broad SMARTS) is 1. The lowest BCUT2D eigenvalue weighted by atomic mass is 10.0. The Hall–Kier alpha value is -1.36. The van der Waals surface area contributed by atoms with Crippen molar-refractivity contribution >= 4 is 27.6 Å². The maximum Gasteiger partial charge on any atom is 0.133 e. The number of nitrogens with zero attached hydrogens (tertiary/aromatic N) is 1. The first-order chi connectivity index (χ1) is 7.20.